The summed E-state index contributed by atoms with van der Waals surface area (Å²) in [5, 5.41) is 6.16. The third-order valence-corrected chi connectivity index (χ3v) is 5.14. The fourth-order valence-corrected chi connectivity index (χ4v) is 3.09. The lowest BCUT2D eigenvalue weighted by molar-refractivity contribution is 0.594. The topological polar surface area (TPSA) is 70.6 Å². The van der Waals surface area contributed by atoms with Gasteiger partial charge in [-0.1, -0.05) is 29.3 Å². The highest BCUT2D eigenvalue weighted by Gasteiger charge is 2.13. The Morgan fingerprint density at radius 2 is 1.77 bits per heavy atom. The second-order valence-electron chi connectivity index (χ2n) is 4.55. The maximum Gasteiger partial charge on any atom is 0.191 e. The fourth-order valence-electron chi connectivity index (χ4n) is 1.67. The van der Waals surface area contributed by atoms with Crippen molar-refractivity contribution in [2.45, 2.75) is 24.7 Å². The van der Waals surface area contributed by atoms with Crippen LogP contribution in [0.3, 0.4) is 0 Å². The molecular weight excluding hydrogens is 481 g/mol. The Labute approximate surface area is 158 Å². The number of benzene rings is 1. The Bertz CT molecular complexity index is 562. The zero-order chi connectivity index (χ0) is 15.7. The lowest BCUT2D eigenvalue weighted by atomic mass is 10.3. The summed E-state index contributed by atoms with van der Waals surface area (Å²) in [7, 11) is -1.60. The lowest BCUT2D eigenvalue weighted by Gasteiger charge is -2.11. The lowest BCUT2D eigenvalue weighted by Crippen LogP contribution is -2.39. The van der Waals surface area contributed by atoms with Gasteiger partial charge in [-0.05, 0) is 30.7 Å². The van der Waals surface area contributed by atoms with Crippen LogP contribution in [0.2, 0.25) is 0 Å². The van der Waals surface area contributed by atoms with Gasteiger partial charge in [-0.15, -0.1) is 24.0 Å². The molecule has 5 nitrogen and oxygen atoms in total. The second-order valence-corrected chi connectivity index (χ2v) is 7.58. The van der Waals surface area contributed by atoms with Gasteiger partial charge < -0.3 is 10.6 Å². The van der Waals surface area contributed by atoms with Crippen LogP contribution in [0.1, 0.15) is 19.8 Å². The van der Waals surface area contributed by atoms with Crippen LogP contribution in [0.15, 0.2) is 38.6 Å². The largest absolute Gasteiger partial charge is 0.356 e. The Morgan fingerprint density at radius 3 is 2.32 bits per heavy atom. The van der Waals surface area contributed by atoms with Crippen molar-refractivity contribution in [3.63, 3.8) is 0 Å². The molecule has 1 rings (SSSR count). The van der Waals surface area contributed by atoms with Crippen LogP contribution >= 0.6 is 39.9 Å². The maximum absolute atomic E-state index is 12.2. The van der Waals surface area contributed by atoms with E-state index in [0.717, 1.165) is 23.9 Å². The number of sulfone groups is 1. The summed E-state index contributed by atoms with van der Waals surface area (Å²) >= 11 is 3.29. The van der Waals surface area contributed by atoms with E-state index in [-0.39, 0.29) is 29.7 Å². The van der Waals surface area contributed by atoms with Crippen molar-refractivity contribution in [1.29, 1.82) is 0 Å². The van der Waals surface area contributed by atoms with Crippen LogP contribution in [-0.4, -0.2) is 40.3 Å². The quantitative estimate of drug-likeness (QED) is 0.260. The average molecular weight is 504 g/mol. The highest BCUT2D eigenvalue weighted by atomic mass is 127. The van der Waals surface area contributed by atoms with Crippen LogP contribution in [0.4, 0.5) is 0 Å². The Balaban J connectivity index is 0.00000441. The predicted octanol–water partition coefficient (Wildman–Crippen LogP) is 2.81. The highest BCUT2D eigenvalue weighted by molar-refractivity contribution is 14.0. The van der Waals surface area contributed by atoms with Gasteiger partial charge in [0.25, 0.3) is 0 Å². The minimum Gasteiger partial charge on any atom is -0.356 e. The van der Waals surface area contributed by atoms with Crippen molar-refractivity contribution in [1.82, 2.24) is 10.6 Å². The molecule has 0 radical (unpaired) electrons. The first kappa shape index (κ1) is 21.6. The molecule has 0 aromatic heterocycles. The van der Waals surface area contributed by atoms with E-state index in [1.165, 1.54) is 0 Å². The molecule has 1 aromatic carbocycles. The van der Waals surface area contributed by atoms with Gasteiger partial charge >= 0.3 is 0 Å². The normalized spacial score (nSPS) is 11.7. The van der Waals surface area contributed by atoms with Crippen molar-refractivity contribution in [3.8, 4) is 0 Å². The number of hydrogen-bond donors (Lipinski definition) is 2. The molecule has 2 N–H and O–H groups in total. The zero-order valence-electron chi connectivity index (χ0n) is 12.8. The third kappa shape index (κ3) is 7.77. The molecule has 0 aliphatic rings. The van der Waals surface area contributed by atoms with Gasteiger partial charge in [0.1, 0.15) is 0 Å². The molecule has 0 spiro atoms. The molecule has 0 saturated carbocycles. The molecule has 0 aliphatic heterocycles. The van der Waals surface area contributed by atoms with Crippen molar-refractivity contribution < 1.29 is 8.42 Å². The number of rotatable bonds is 7. The van der Waals surface area contributed by atoms with Gasteiger partial charge in [-0.2, -0.15) is 0 Å². The SMILES string of the molecule is CCCCNC(=NC)NCCS(=O)(=O)c1ccc(Br)cc1.I. The molecule has 0 heterocycles. The number of nitrogens with zero attached hydrogens (tertiary/aromatic N) is 1. The van der Waals surface area contributed by atoms with Crippen LogP contribution in [-0.2, 0) is 9.84 Å². The summed E-state index contributed by atoms with van der Waals surface area (Å²) in [6.07, 6.45) is 2.15. The molecule has 0 bridgehead atoms. The molecule has 22 heavy (non-hydrogen) atoms. The third-order valence-electron chi connectivity index (χ3n) is 2.88. The first-order valence-corrected chi connectivity index (χ1v) is 9.37. The number of guanidine groups is 1. The Kier molecular flexibility index (Phi) is 11.0. The van der Waals surface area contributed by atoms with Crippen LogP contribution in [0.5, 0.6) is 0 Å². The van der Waals surface area contributed by atoms with Crippen LogP contribution in [0, 0.1) is 0 Å². The minimum atomic E-state index is -3.27. The van der Waals surface area contributed by atoms with E-state index >= 15 is 0 Å². The second kappa shape index (κ2) is 11.2. The molecule has 0 amide bonds. The van der Waals surface area contributed by atoms with Crippen LogP contribution < -0.4 is 10.6 Å². The maximum atomic E-state index is 12.2. The van der Waals surface area contributed by atoms with Crippen molar-refractivity contribution >= 4 is 55.7 Å². The number of unbranched alkanes of at least 4 members (excludes halogenated alkanes) is 1. The minimum absolute atomic E-state index is 0. The first-order valence-electron chi connectivity index (χ1n) is 6.92. The summed E-state index contributed by atoms with van der Waals surface area (Å²) in [6, 6.07) is 6.67. The van der Waals surface area contributed by atoms with E-state index in [1.54, 1.807) is 31.3 Å². The number of aliphatic imine (C=N–C) groups is 1. The first-order chi connectivity index (χ1) is 9.99. The van der Waals surface area contributed by atoms with E-state index in [2.05, 4.69) is 38.5 Å². The molecule has 8 heteroatoms. The van der Waals surface area contributed by atoms with E-state index in [1.807, 2.05) is 0 Å². The van der Waals surface area contributed by atoms with Gasteiger partial charge in [0, 0.05) is 24.6 Å². The Morgan fingerprint density at radius 1 is 1.18 bits per heavy atom. The van der Waals surface area contributed by atoms with Crippen LogP contribution in [0.25, 0.3) is 0 Å². The number of hydrogen-bond acceptors (Lipinski definition) is 3. The summed E-state index contributed by atoms with van der Waals surface area (Å²) < 4.78 is 25.2. The van der Waals surface area contributed by atoms with Gasteiger partial charge in [0.15, 0.2) is 15.8 Å². The number of nitrogens with one attached hydrogen (secondary N) is 2. The van der Waals surface area contributed by atoms with Gasteiger partial charge in [0.05, 0.1) is 10.6 Å². The monoisotopic (exact) mass is 503 g/mol. The van der Waals surface area contributed by atoms with E-state index in [4.69, 9.17) is 0 Å². The van der Waals surface area contributed by atoms with E-state index in [9.17, 15) is 8.42 Å². The molecular formula is C14H23BrIN3O2S. The summed E-state index contributed by atoms with van der Waals surface area (Å²) in [6.45, 7) is 3.27. The van der Waals surface area contributed by atoms with Gasteiger partial charge in [-0.25, -0.2) is 8.42 Å². The average Bonchev–Trinajstić information content (AvgIpc) is 2.46. The molecule has 0 saturated heterocycles. The van der Waals surface area contributed by atoms with Crippen molar-refractivity contribution in [2.24, 2.45) is 4.99 Å². The number of halogens is 2. The molecule has 0 atom stereocenters. The van der Waals surface area contributed by atoms with Crippen molar-refractivity contribution in [2.75, 3.05) is 25.9 Å². The van der Waals surface area contributed by atoms with Gasteiger partial charge in [0.2, 0.25) is 0 Å². The molecule has 126 valence electrons. The summed E-state index contributed by atoms with van der Waals surface area (Å²) in [5.41, 5.74) is 0. The molecule has 0 fully saturated rings. The van der Waals surface area contributed by atoms with E-state index < -0.39 is 9.84 Å². The van der Waals surface area contributed by atoms with E-state index in [0.29, 0.717) is 17.4 Å². The summed E-state index contributed by atoms with van der Waals surface area (Å²) in [5.74, 6) is 0.665. The fraction of sp³-hybridized carbons (Fsp3) is 0.500. The van der Waals surface area contributed by atoms with Gasteiger partial charge in [-0.3, -0.25) is 4.99 Å². The van der Waals surface area contributed by atoms with Crippen molar-refractivity contribution in [3.05, 3.63) is 28.7 Å². The highest BCUT2D eigenvalue weighted by Crippen LogP contribution is 2.15. The zero-order valence-corrected chi connectivity index (χ0v) is 17.5. The predicted molar refractivity (Wildman–Crippen MR) is 106 cm³/mol. The molecule has 0 unspecified atom stereocenters. The molecule has 0 aliphatic carbocycles. The standard InChI is InChI=1S/C14H22BrN3O2S.HI/c1-3-4-9-17-14(16-2)18-10-11-21(19,20)13-7-5-12(15)6-8-13;/h5-8H,3-4,9-11H2,1-2H3,(H2,16,17,18);1H. The smallest absolute Gasteiger partial charge is 0.191 e. The Hall–Kier alpha value is -0.350. The molecule has 1 aromatic rings. The summed E-state index contributed by atoms with van der Waals surface area (Å²) in [4.78, 5) is 4.39.